The lowest BCUT2D eigenvalue weighted by molar-refractivity contribution is -0.151. The molecular formula is C23H24BrNO3. The number of hydrogen-bond donors (Lipinski definition) is 0. The lowest BCUT2D eigenvalue weighted by atomic mass is 9.82. The summed E-state index contributed by atoms with van der Waals surface area (Å²) in [5, 5.41) is 0. The Kier molecular flexibility index (Phi) is 6.35. The Morgan fingerprint density at radius 3 is 2.32 bits per heavy atom. The van der Waals surface area contributed by atoms with Crippen molar-refractivity contribution in [3.05, 3.63) is 75.8 Å². The molecule has 1 fully saturated rings. The van der Waals surface area contributed by atoms with Crippen LogP contribution < -0.4 is 0 Å². The molecule has 146 valence electrons. The number of benzene rings is 2. The van der Waals surface area contributed by atoms with E-state index in [1.54, 1.807) is 4.90 Å². The first-order valence-corrected chi connectivity index (χ1v) is 10.1. The molecule has 0 radical (unpaired) electrons. The van der Waals surface area contributed by atoms with E-state index in [4.69, 9.17) is 4.74 Å². The van der Waals surface area contributed by atoms with Crippen molar-refractivity contribution in [1.82, 2.24) is 4.90 Å². The summed E-state index contributed by atoms with van der Waals surface area (Å²) in [6.07, 6.45) is 0. The SMILES string of the molecule is COC(=O)[C@@H]1C(=O)N(Cc2ccccc2)C[C@H]1C(=C(C)C)c1ccc(Br)cc1. The van der Waals surface area contributed by atoms with Crippen LogP contribution in [0.3, 0.4) is 0 Å². The van der Waals surface area contributed by atoms with E-state index < -0.39 is 11.9 Å². The number of hydrogen-bond acceptors (Lipinski definition) is 3. The summed E-state index contributed by atoms with van der Waals surface area (Å²) in [4.78, 5) is 27.4. The Morgan fingerprint density at radius 2 is 1.75 bits per heavy atom. The molecule has 4 nitrogen and oxygen atoms in total. The first-order valence-electron chi connectivity index (χ1n) is 9.26. The third-order valence-corrected chi connectivity index (χ3v) is 5.66. The number of likely N-dealkylation sites (tertiary alicyclic amines) is 1. The van der Waals surface area contributed by atoms with Crippen molar-refractivity contribution in [2.45, 2.75) is 20.4 Å². The Hall–Kier alpha value is -2.40. The topological polar surface area (TPSA) is 46.6 Å². The van der Waals surface area contributed by atoms with Gasteiger partial charge in [-0.25, -0.2) is 0 Å². The molecule has 1 saturated heterocycles. The second-order valence-electron chi connectivity index (χ2n) is 7.23. The van der Waals surface area contributed by atoms with Crippen LogP contribution in [0.25, 0.3) is 5.57 Å². The largest absolute Gasteiger partial charge is 0.468 e. The molecule has 0 bridgehead atoms. The van der Waals surface area contributed by atoms with Crippen molar-refractivity contribution in [2.75, 3.05) is 13.7 Å². The van der Waals surface area contributed by atoms with Gasteiger partial charge < -0.3 is 9.64 Å². The number of allylic oxidation sites excluding steroid dienone is 1. The Balaban J connectivity index is 1.98. The number of rotatable bonds is 5. The summed E-state index contributed by atoms with van der Waals surface area (Å²) in [5.41, 5.74) is 4.20. The van der Waals surface area contributed by atoms with Crippen molar-refractivity contribution in [2.24, 2.45) is 11.8 Å². The number of amides is 1. The van der Waals surface area contributed by atoms with E-state index in [9.17, 15) is 9.59 Å². The first kappa shape index (κ1) is 20.3. The van der Waals surface area contributed by atoms with Crippen LogP contribution in [0, 0.1) is 11.8 Å². The van der Waals surface area contributed by atoms with E-state index in [-0.39, 0.29) is 11.8 Å². The van der Waals surface area contributed by atoms with Gasteiger partial charge in [-0.05, 0) is 42.7 Å². The van der Waals surface area contributed by atoms with Gasteiger partial charge in [-0.1, -0.05) is 64.0 Å². The molecule has 1 aliphatic rings. The standard InChI is InChI=1S/C23H24BrNO3/c1-15(2)20(17-9-11-18(24)12-10-17)19-14-25(13-16-7-5-4-6-8-16)22(26)21(19)23(27)28-3/h4-12,19,21H,13-14H2,1-3H3/t19-,21-/m0/s1. The van der Waals surface area contributed by atoms with Crippen LogP contribution in [-0.4, -0.2) is 30.4 Å². The number of nitrogens with zero attached hydrogens (tertiary/aromatic N) is 1. The highest BCUT2D eigenvalue weighted by Crippen LogP contribution is 2.39. The van der Waals surface area contributed by atoms with E-state index in [1.807, 2.05) is 68.4 Å². The smallest absolute Gasteiger partial charge is 0.318 e. The average Bonchev–Trinajstić information content (AvgIpc) is 2.99. The number of methoxy groups -OCH3 is 1. The molecule has 2 aromatic rings. The zero-order chi connectivity index (χ0) is 20.3. The van der Waals surface area contributed by atoms with Gasteiger partial charge in [-0.2, -0.15) is 0 Å². The Morgan fingerprint density at radius 1 is 1.11 bits per heavy atom. The van der Waals surface area contributed by atoms with Crippen LogP contribution in [0.5, 0.6) is 0 Å². The zero-order valence-electron chi connectivity index (χ0n) is 16.3. The van der Waals surface area contributed by atoms with Crippen LogP contribution >= 0.6 is 15.9 Å². The van der Waals surface area contributed by atoms with Crippen molar-refractivity contribution in [3.63, 3.8) is 0 Å². The molecule has 0 aromatic heterocycles. The fraction of sp³-hybridized carbons (Fsp3) is 0.304. The second kappa shape index (κ2) is 8.74. The average molecular weight is 442 g/mol. The molecule has 1 aliphatic heterocycles. The van der Waals surface area contributed by atoms with Gasteiger partial charge >= 0.3 is 5.97 Å². The van der Waals surface area contributed by atoms with E-state index >= 15 is 0 Å². The van der Waals surface area contributed by atoms with Gasteiger partial charge in [0.05, 0.1) is 7.11 Å². The molecule has 1 heterocycles. The third-order valence-electron chi connectivity index (χ3n) is 5.13. The van der Waals surface area contributed by atoms with Crippen LogP contribution in [0.1, 0.15) is 25.0 Å². The molecule has 5 heteroatoms. The Bertz CT molecular complexity index is 886. The van der Waals surface area contributed by atoms with Crippen LogP contribution in [0.15, 0.2) is 64.6 Å². The summed E-state index contributed by atoms with van der Waals surface area (Å²) < 4.78 is 5.99. The van der Waals surface area contributed by atoms with Gasteiger partial charge in [0.15, 0.2) is 0 Å². The molecule has 28 heavy (non-hydrogen) atoms. The highest BCUT2D eigenvalue weighted by Gasteiger charge is 2.47. The van der Waals surface area contributed by atoms with Gasteiger partial charge in [0.2, 0.25) is 5.91 Å². The normalized spacial score (nSPS) is 18.9. The van der Waals surface area contributed by atoms with Gasteiger partial charge in [0, 0.05) is 23.5 Å². The molecule has 0 N–H and O–H groups in total. The highest BCUT2D eigenvalue weighted by atomic mass is 79.9. The molecule has 3 rings (SSSR count). The molecule has 0 aliphatic carbocycles. The predicted molar refractivity (Wildman–Crippen MR) is 113 cm³/mol. The summed E-state index contributed by atoms with van der Waals surface area (Å²) >= 11 is 3.47. The van der Waals surface area contributed by atoms with E-state index in [0.29, 0.717) is 13.1 Å². The van der Waals surface area contributed by atoms with Gasteiger partial charge in [-0.3, -0.25) is 9.59 Å². The molecule has 2 aromatic carbocycles. The fourth-order valence-electron chi connectivity index (χ4n) is 3.90. The monoisotopic (exact) mass is 441 g/mol. The minimum absolute atomic E-state index is 0.170. The maximum atomic E-state index is 13.1. The summed E-state index contributed by atoms with van der Waals surface area (Å²) in [7, 11) is 1.34. The number of carbonyl (C=O) groups excluding carboxylic acids is 2. The van der Waals surface area contributed by atoms with Gasteiger partial charge in [0.1, 0.15) is 5.92 Å². The van der Waals surface area contributed by atoms with E-state index in [0.717, 1.165) is 26.7 Å². The second-order valence-corrected chi connectivity index (χ2v) is 8.15. The molecule has 0 saturated carbocycles. The van der Waals surface area contributed by atoms with Crippen LogP contribution in [0.4, 0.5) is 0 Å². The summed E-state index contributed by atoms with van der Waals surface area (Å²) in [6, 6.07) is 17.8. The quantitative estimate of drug-likeness (QED) is 0.499. The maximum Gasteiger partial charge on any atom is 0.318 e. The molecule has 0 unspecified atom stereocenters. The molecule has 0 spiro atoms. The van der Waals surface area contributed by atoms with Crippen molar-refractivity contribution in [1.29, 1.82) is 0 Å². The number of halogens is 1. The molecule has 1 amide bonds. The van der Waals surface area contributed by atoms with Crippen molar-refractivity contribution < 1.29 is 14.3 Å². The minimum atomic E-state index is -0.817. The van der Waals surface area contributed by atoms with E-state index in [2.05, 4.69) is 15.9 Å². The zero-order valence-corrected chi connectivity index (χ0v) is 17.9. The van der Waals surface area contributed by atoms with Crippen molar-refractivity contribution >= 4 is 33.4 Å². The Labute approximate surface area is 174 Å². The summed E-state index contributed by atoms with van der Waals surface area (Å²) in [6.45, 7) is 5.02. The minimum Gasteiger partial charge on any atom is -0.468 e. The highest BCUT2D eigenvalue weighted by molar-refractivity contribution is 9.10. The van der Waals surface area contributed by atoms with Crippen LogP contribution in [0.2, 0.25) is 0 Å². The van der Waals surface area contributed by atoms with Crippen LogP contribution in [-0.2, 0) is 20.9 Å². The predicted octanol–water partition coefficient (Wildman–Crippen LogP) is 4.69. The number of carbonyl (C=O) groups is 2. The first-order chi connectivity index (χ1) is 13.4. The van der Waals surface area contributed by atoms with E-state index in [1.165, 1.54) is 7.11 Å². The molecule has 2 atom stereocenters. The summed E-state index contributed by atoms with van der Waals surface area (Å²) in [5.74, 6) is -1.70. The third kappa shape index (κ3) is 4.20. The van der Waals surface area contributed by atoms with Gasteiger partial charge in [0.25, 0.3) is 0 Å². The number of ether oxygens (including phenoxy) is 1. The van der Waals surface area contributed by atoms with Crippen molar-refractivity contribution in [3.8, 4) is 0 Å². The molecular weight excluding hydrogens is 418 g/mol. The lowest BCUT2D eigenvalue weighted by Gasteiger charge is -2.21. The number of esters is 1. The fourth-order valence-corrected chi connectivity index (χ4v) is 4.17. The maximum absolute atomic E-state index is 13.1. The lowest BCUT2D eigenvalue weighted by Crippen LogP contribution is -2.31. The van der Waals surface area contributed by atoms with Gasteiger partial charge in [-0.15, -0.1) is 0 Å².